The van der Waals surface area contributed by atoms with Crippen molar-refractivity contribution >= 4 is 29.2 Å². The van der Waals surface area contributed by atoms with Crippen LogP contribution in [0.15, 0.2) is 54.7 Å². The zero-order valence-corrected chi connectivity index (χ0v) is 23.9. The lowest BCUT2D eigenvalue weighted by Gasteiger charge is -2.53. The van der Waals surface area contributed by atoms with Crippen LogP contribution in [0.2, 0.25) is 0 Å². The van der Waals surface area contributed by atoms with Crippen LogP contribution in [0.3, 0.4) is 0 Å². The molecule has 2 aromatic carbocycles. The maximum atomic E-state index is 14.3. The van der Waals surface area contributed by atoms with Gasteiger partial charge < -0.3 is 20.9 Å². The molecule has 0 radical (unpaired) electrons. The van der Waals surface area contributed by atoms with Crippen LogP contribution in [0.1, 0.15) is 61.3 Å². The predicted octanol–water partition coefficient (Wildman–Crippen LogP) is 4.34. The van der Waals surface area contributed by atoms with Gasteiger partial charge in [-0.1, -0.05) is 31.4 Å². The summed E-state index contributed by atoms with van der Waals surface area (Å²) >= 11 is 0. The average molecular weight is 586 g/mol. The van der Waals surface area contributed by atoms with Gasteiger partial charge in [-0.15, -0.1) is 0 Å². The third-order valence-corrected chi connectivity index (χ3v) is 9.98. The summed E-state index contributed by atoms with van der Waals surface area (Å²) in [5.74, 6) is -1.61. The number of nitrogens with one attached hydrogen (secondary N) is 3. The number of carbonyl (C=O) groups excluding carboxylic acids is 3. The van der Waals surface area contributed by atoms with Gasteiger partial charge in [0.25, 0.3) is 0 Å². The fourth-order valence-electron chi connectivity index (χ4n) is 7.60. The van der Waals surface area contributed by atoms with Crippen molar-refractivity contribution in [3.8, 4) is 0 Å². The lowest BCUT2D eigenvalue weighted by Crippen LogP contribution is -2.72. The number of hydrogen-bond acceptors (Lipinski definition) is 5. The SMILES string of the molecule is CC1(c2cc(F)cc(F)c2)CNC2(CCCCC2)C(=O)N1CC(=O)Nc1ccc2c(c1)CC1(C2)C(=O)Nc2ncccc21. The van der Waals surface area contributed by atoms with Gasteiger partial charge in [-0.25, -0.2) is 13.8 Å². The molecule has 2 unspecified atom stereocenters. The summed E-state index contributed by atoms with van der Waals surface area (Å²) in [7, 11) is 0. The molecule has 1 saturated heterocycles. The number of pyridine rings is 1. The lowest BCUT2D eigenvalue weighted by atomic mass is 9.75. The summed E-state index contributed by atoms with van der Waals surface area (Å²) in [5, 5.41) is 9.27. The van der Waals surface area contributed by atoms with Crippen LogP contribution in [0, 0.1) is 11.6 Å². The lowest BCUT2D eigenvalue weighted by molar-refractivity contribution is -0.155. The number of benzene rings is 2. The molecule has 2 fully saturated rings. The highest BCUT2D eigenvalue weighted by Gasteiger charge is 2.53. The van der Waals surface area contributed by atoms with Crippen LogP contribution in [0.4, 0.5) is 20.3 Å². The van der Waals surface area contributed by atoms with Crippen LogP contribution in [-0.4, -0.2) is 46.2 Å². The fourth-order valence-corrected chi connectivity index (χ4v) is 7.60. The minimum absolute atomic E-state index is 0.0788. The van der Waals surface area contributed by atoms with Crippen molar-refractivity contribution < 1.29 is 23.2 Å². The van der Waals surface area contributed by atoms with E-state index in [1.54, 1.807) is 19.2 Å². The van der Waals surface area contributed by atoms with Crippen LogP contribution in [-0.2, 0) is 38.2 Å². The minimum atomic E-state index is -1.15. The highest BCUT2D eigenvalue weighted by atomic mass is 19.1. The largest absolute Gasteiger partial charge is 0.325 e. The molecule has 43 heavy (non-hydrogen) atoms. The smallest absolute Gasteiger partial charge is 0.244 e. The molecule has 2 aliphatic carbocycles. The third-order valence-electron chi connectivity index (χ3n) is 9.98. The first-order valence-electron chi connectivity index (χ1n) is 14.8. The van der Waals surface area contributed by atoms with Crippen molar-refractivity contribution in [3.63, 3.8) is 0 Å². The first-order valence-corrected chi connectivity index (χ1v) is 14.8. The molecule has 2 aliphatic heterocycles. The molecule has 1 aromatic heterocycles. The van der Waals surface area contributed by atoms with E-state index < -0.39 is 34.0 Å². The molecule has 1 saturated carbocycles. The van der Waals surface area contributed by atoms with Crippen molar-refractivity contribution in [2.75, 3.05) is 23.7 Å². The number of rotatable bonds is 4. The van der Waals surface area contributed by atoms with Crippen molar-refractivity contribution in [2.24, 2.45) is 0 Å². The molecule has 222 valence electrons. The molecule has 2 spiro atoms. The van der Waals surface area contributed by atoms with Gasteiger partial charge in [-0.05, 0) is 79.6 Å². The van der Waals surface area contributed by atoms with Crippen LogP contribution in [0.25, 0.3) is 0 Å². The topological polar surface area (TPSA) is 103 Å². The van der Waals surface area contributed by atoms with Gasteiger partial charge in [-0.3, -0.25) is 14.4 Å². The Balaban J connectivity index is 1.15. The van der Waals surface area contributed by atoms with Crippen molar-refractivity contribution in [3.05, 3.63) is 88.6 Å². The fraction of sp³-hybridized carbons (Fsp3) is 0.394. The van der Waals surface area contributed by atoms with E-state index in [1.807, 2.05) is 24.3 Å². The summed E-state index contributed by atoms with van der Waals surface area (Å²) in [6.07, 6.45) is 6.79. The Hall–Kier alpha value is -4.18. The number of hydrogen-bond donors (Lipinski definition) is 3. The van der Waals surface area contributed by atoms with E-state index in [2.05, 4.69) is 20.9 Å². The number of nitrogens with zero attached hydrogens (tertiary/aromatic N) is 2. The second-order valence-electron chi connectivity index (χ2n) is 12.6. The van der Waals surface area contributed by atoms with Crippen LogP contribution >= 0.6 is 0 Å². The van der Waals surface area contributed by atoms with Gasteiger partial charge in [0.15, 0.2) is 0 Å². The van der Waals surface area contributed by atoms with E-state index in [0.717, 1.165) is 42.0 Å². The molecular formula is C33H33F2N5O3. The Labute approximate surface area is 248 Å². The maximum Gasteiger partial charge on any atom is 0.244 e. The molecule has 7 rings (SSSR count). The van der Waals surface area contributed by atoms with Crippen molar-refractivity contribution in [1.29, 1.82) is 0 Å². The number of carbonyl (C=O) groups is 3. The predicted molar refractivity (Wildman–Crippen MR) is 156 cm³/mol. The number of amides is 3. The van der Waals surface area contributed by atoms with Gasteiger partial charge in [0, 0.05) is 30.1 Å². The monoisotopic (exact) mass is 585 g/mol. The second kappa shape index (κ2) is 9.94. The Morgan fingerprint density at radius 3 is 2.51 bits per heavy atom. The van der Waals surface area contributed by atoms with E-state index in [9.17, 15) is 23.2 Å². The average Bonchev–Trinajstić information content (AvgIpc) is 3.50. The van der Waals surface area contributed by atoms with Crippen molar-refractivity contribution in [2.45, 2.75) is 68.4 Å². The number of halogens is 2. The number of anilines is 2. The summed E-state index contributed by atoms with van der Waals surface area (Å²) in [6, 6.07) is 12.6. The second-order valence-corrected chi connectivity index (χ2v) is 12.6. The Bertz CT molecular complexity index is 1650. The van der Waals surface area contributed by atoms with Crippen LogP contribution in [0.5, 0.6) is 0 Å². The van der Waals surface area contributed by atoms with E-state index >= 15 is 0 Å². The zero-order chi connectivity index (χ0) is 30.0. The molecule has 3 aromatic rings. The molecule has 4 aliphatic rings. The van der Waals surface area contributed by atoms with E-state index in [0.29, 0.717) is 37.2 Å². The normalized spacial score (nSPS) is 25.5. The summed E-state index contributed by atoms with van der Waals surface area (Å²) in [5.41, 5.74) is 1.05. The third kappa shape index (κ3) is 4.42. The quantitative estimate of drug-likeness (QED) is 0.423. The molecule has 8 nitrogen and oxygen atoms in total. The Morgan fingerprint density at radius 1 is 1.00 bits per heavy atom. The number of fused-ring (bicyclic) bond motifs is 3. The maximum absolute atomic E-state index is 14.3. The summed E-state index contributed by atoms with van der Waals surface area (Å²) in [6.45, 7) is 1.72. The molecule has 0 bridgehead atoms. The highest BCUT2D eigenvalue weighted by Crippen LogP contribution is 2.47. The molecule has 2 atom stereocenters. The Morgan fingerprint density at radius 2 is 1.74 bits per heavy atom. The standard InChI is InChI=1S/C33H33F2N5O3/c1-31(22-13-23(34)15-24(35)14-22)19-37-33(9-3-2-4-10-33)30(43)40(31)18-27(41)38-25-8-7-20-16-32(17-21(20)12-25)26-6-5-11-36-28(26)39-29(32)42/h5-8,11-15,37H,2-4,9-10,16-19H2,1H3,(H,38,41)(H,36,39,42). The van der Waals surface area contributed by atoms with Gasteiger partial charge in [0.1, 0.15) is 24.0 Å². The summed E-state index contributed by atoms with van der Waals surface area (Å²) < 4.78 is 28.7. The molecule has 3 heterocycles. The van der Waals surface area contributed by atoms with Gasteiger partial charge >= 0.3 is 0 Å². The first kappa shape index (κ1) is 27.6. The first-order chi connectivity index (χ1) is 20.6. The Kier molecular flexibility index (Phi) is 6.39. The van der Waals surface area contributed by atoms with E-state index in [1.165, 1.54) is 17.0 Å². The van der Waals surface area contributed by atoms with E-state index in [-0.39, 0.29) is 30.5 Å². The molecular weight excluding hydrogens is 552 g/mol. The van der Waals surface area contributed by atoms with Gasteiger partial charge in [-0.2, -0.15) is 0 Å². The highest BCUT2D eigenvalue weighted by molar-refractivity contribution is 6.06. The minimum Gasteiger partial charge on any atom is -0.325 e. The van der Waals surface area contributed by atoms with Crippen molar-refractivity contribution in [1.82, 2.24) is 15.2 Å². The molecule has 3 N–H and O–H groups in total. The number of piperazine rings is 1. The van der Waals surface area contributed by atoms with Gasteiger partial charge in [0.2, 0.25) is 17.7 Å². The molecule has 10 heteroatoms. The van der Waals surface area contributed by atoms with Gasteiger partial charge in [0.05, 0.1) is 16.5 Å². The molecule has 3 amide bonds. The number of aromatic nitrogens is 1. The van der Waals surface area contributed by atoms with Crippen LogP contribution < -0.4 is 16.0 Å². The zero-order valence-electron chi connectivity index (χ0n) is 23.9. The summed E-state index contributed by atoms with van der Waals surface area (Å²) in [4.78, 5) is 46.6. The van der Waals surface area contributed by atoms with E-state index in [4.69, 9.17) is 0 Å².